The van der Waals surface area contributed by atoms with Crippen molar-refractivity contribution in [3.8, 4) is 16.9 Å². The van der Waals surface area contributed by atoms with Crippen molar-refractivity contribution < 1.29 is 28.6 Å². The molecular weight excluding hydrogens is 471 g/mol. The summed E-state index contributed by atoms with van der Waals surface area (Å²) in [4.78, 5) is 24.3. The van der Waals surface area contributed by atoms with Crippen molar-refractivity contribution in [3.63, 3.8) is 0 Å². The van der Waals surface area contributed by atoms with Gasteiger partial charge < -0.3 is 14.6 Å². The first-order valence-corrected chi connectivity index (χ1v) is 13.9. The van der Waals surface area contributed by atoms with Crippen LogP contribution in [0.15, 0.2) is 36.4 Å². The van der Waals surface area contributed by atoms with Gasteiger partial charge in [0.1, 0.15) is 0 Å². The van der Waals surface area contributed by atoms with Crippen molar-refractivity contribution in [3.05, 3.63) is 53.3 Å². The van der Waals surface area contributed by atoms with Crippen LogP contribution in [-0.4, -0.2) is 29.8 Å². The molecule has 0 amide bonds. The van der Waals surface area contributed by atoms with Crippen LogP contribution in [0.2, 0.25) is 0 Å². The molecule has 0 saturated carbocycles. The molecule has 204 valence electrons. The number of hydrogen-bond donors (Lipinski definition) is 1. The Bertz CT molecular complexity index is 970. The molecule has 0 aliphatic carbocycles. The van der Waals surface area contributed by atoms with Crippen LogP contribution in [0.1, 0.15) is 119 Å². The largest absolute Gasteiger partial charge is 0.490 e. The molecule has 0 aliphatic rings. The molecule has 0 heterocycles. The van der Waals surface area contributed by atoms with Crippen LogP contribution in [0.5, 0.6) is 5.75 Å². The maximum atomic E-state index is 15.4. The van der Waals surface area contributed by atoms with E-state index in [0.29, 0.717) is 17.7 Å². The first kappa shape index (κ1) is 30.3. The van der Waals surface area contributed by atoms with Gasteiger partial charge in [-0.25, -0.2) is 14.0 Å². The van der Waals surface area contributed by atoms with Crippen LogP contribution in [0, 0.1) is 5.82 Å². The Balaban J connectivity index is 2.04. The Morgan fingerprint density at radius 2 is 1.43 bits per heavy atom. The maximum Gasteiger partial charge on any atom is 0.338 e. The van der Waals surface area contributed by atoms with Gasteiger partial charge in [-0.1, -0.05) is 83.8 Å². The molecule has 1 atom stereocenters. The summed E-state index contributed by atoms with van der Waals surface area (Å²) in [5, 5.41) is 9.64. The van der Waals surface area contributed by atoms with Gasteiger partial charge in [0.25, 0.3) is 0 Å². The van der Waals surface area contributed by atoms with Gasteiger partial charge in [0.15, 0.2) is 11.6 Å². The SMILES string of the molecule is CCCCCCCCCOc1ccc(C(=O)O)c(-c2ccc(C(=O)OC(C)CCCCCC)cc2)c1F. The number of ether oxygens (including phenoxy) is 2. The third-order valence-corrected chi connectivity index (χ3v) is 6.52. The highest BCUT2D eigenvalue weighted by Gasteiger charge is 2.21. The molecule has 1 N–H and O–H groups in total. The molecule has 0 aromatic heterocycles. The highest BCUT2D eigenvalue weighted by atomic mass is 19.1. The van der Waals surface area contributed by atoms with Gasteiger partial charge >= 0.3 is 11.9 Å². The van der Waals surface area contributed by atoms with Crippen LogP contribution < -0.4 is 4.74 Å². The molecule has 37 heavy (non-hydrogen) atoms. The topological polar surface area (TPSA) is 72.8 Å². The number of carbonyl (C=O) groups is 2. The van der Waals surface area contributed by atoms with Crippen LogP contribution >= 0.6 is 0 Å². The van der Waals surface area contributed by atoms with Gasteiger partial charge in [-0.05, 0) is 56.0 Å². The Morgan fingerprint density at radius 1 is 0.838 bits per heavy atom. The zero-order valence-electron chi connectivity index (χ0n) is 22.7. The average Bonchev–Trinajstić information content (AvgIpc) is 2.88. The number of benzene rings is 2. The minimum atomic E-state index is -1.23. The fraction of sp³-hybridized carbons (Fsp3) is 0.548. The lowest BCUT2D eigenvalue weighted by Crippen LogP contribution is -2.15. The monoisotopic (exact) mass is 514 g/mol. The third-order valence-electron chi connectivity index (χ3n) is 6.52. The van der Waals surface area contributed by atoms with Gasteiger partial charge in [0.05, 0.1) is 23.8 Å². The summed E-state index contributed by atoms with van der Waals surface area (Å²) in [6.07, 6.45) is 12.9. The van der Waals surface area contributed by atoms with Crippen LogP contribution in [0.25, 0.3) is 11.1 Å². The van der Waals surface area contributed by atoms with E-state index >= 15 is 4.39 Å². The van der Waals surface area contributed by atoms with E-state index in [4.69, 9.17) is 9.47 Å². The summed E-state index contributed by atoms with van der Waals surface area (Å²) in [5.41, 5.74) is 0.499. The molecule has 0 saturated heterocycles. The van der Waals surface area contributed by atoms with Gasteiger partial charge in [0, 0.05) is 5.56 Å². The number of esters is 1. The number of carboxylic acids is 1. The van der Waals surface area contributed by atoms with E-state index in [1.54, 1.807) is 24.3 Å². The number of carboxylic acid groups (broad SMARTS) is 1. The molecule has 2 aromatic carbocycles. The lowest BCUT2D eigenvalue weighted by Gasteiger charge is -2.15. The molecular formula is C31H43FO5. The quantitative estimate of drug-likeness (QED) is 0.159. The molecule has 1 unspecified atom stereocenters. The van der Waals surface area contributed by atoms with E-state index < -0.39 is 17.8 Å². The third kappa shape index (κ3) is 10.2. The van der Waals surface area contributed by atoms with Crippen molar-refractivity contribution in [1.82, 2.24) is 0 Å². The van der Waals surface area contributed by atoms with E-state index in [1.165, 1.54) is 44.2 Å². The predicted molar refractivity (Wildman–Crippen MR) is 146 cm³/mol. The van der Waals surface area contributed by atoms with Crippen molar-refractivity contribution in [2.75, 3.05) is 6.61 Å². The second-order valence-corrected chi connectivity index (χ2v) is 9.72. The summed E-state index contributed by atoms with van der Waals surface area (Å²) < 4.78 is 26.6. The first-order valence-electron chi connectivity index (χ1n) is 13.9. The fourth-order valence-electron chi connectivity index (χ4n) is 4.31. The van der Waals surface area contributed by atoms with Gasteiger partial charge in [-0.15, -0.1) is 0 Å². The zero-order chi connectivity index (χ0) is 27.0. The predicted octanol–water partition coefficient (Wildman–Crippen LogP) is 8.84. The minimum absolute atomic E-state index is 0.0337. The Kier molecular flexibility index (Phi) is 13.8. The molecule has 0 fully saturated rings. The van der Waals surface area contributed by atoms with Crippen molar-refractivity contribution in [2.24, 2.45) is 0 Å². The number of unbranched alkanes of at least 4 members (excludes halogenated alkanes) is 9. The van der Waals surface area contributed by atoms with Gasteiger partial charge in [-0.3, -0.25) is 0 Å². The summed E-state index contributed by atoms with van der Waals surface area (Å²) in [5.74, 6) is -2.35. The number of carbonyl (C=O) groups excluding carboxylic acids is 1. The van der Waals surface area contributed by atoms with Crippen LogP contribution in [0.4, 0.5) is 4.39 Å². The average molecular weight is 515 g/mol. The van der Waals surface area contributed by atoms with Crippen molar-refractivity contribution in [2.45, 2.75) is 104 Å². The fourth-order valence-corrected chi connectivity index (χ4v) is 4.31. The second kappa shape index (κ2) is 16.8. The molecule has 6 heteroatoms. The zero-order valence-corrected chi connectivity index (χ0v) is 22.7. The van der Waals surface area contributed by atoms with E-state index in [9.17, 15) is 14.7 Å². The Hall–Kier alpha value is -2.89. The van der Waals surface area contributed by atoms with Crippen LogP contribution in [-0.2, 0) is 4.74 Å². The molecule has 2 rings (SSSR count). The Morgan fingerprint density at radius 3 is 2.05 bits per heavy atom. The van der Waals surface area contributed by atoms with Gasteiger partial charge in [0.2, 0.25) is 0 Å². The lowest BCUT2D eigenvalue weighted by molar-refractivity contribution is 0.0319. The summed E-state index contributed by atoms with van der Waals surface area (Å²) in [6, 6.07) is 8.92. The smallest absolute Gasteiger partial charge is 0.338 e. The van der Waals surface area contributed by atoms with E-state index in [0.717, 1.165) is 44.9 Å². The lowest BCUT2D eigenvalue weighted by atomic mass is 9.97. The van der Waals surface area contributed by atoms with Crippen LogP contribution in [0.3, 0.4) is 0 Å². The molecule has 0 spiro atoms. The highest BCUT2D eigenvalue weighted by Crippen LogP contribution is 2.33. The van der Waals surface area contributed by atoms with Crippen molar-refractivity contribution >= 4 is 11.9 Å². The first-order chi connectivity index (χ1) is 17.9. The highest BCUT2D eigenvalue weighted by molar-refractivity contribution is 5.97. The minimum Gasteiger partial charge on any atom is -0.490 e. The van der Waals surface area contributed by atoms with Crippen molar-refractivity contribution in [1.29, 1.82) is 0 Å². The molecule has 0 radical (unpaired) electrons. The van der Waals surface area contributed by atoms with E-state index in [-0.39, 0.29) is 23.0 Å². The maximum absolute atomic E-state index is 15.4. The Labute approximate surface area is 221 Å². The molecule has 5 nitrogen and oxygen atoms in total. The van der Waals surface area contributed by atoms with Gasteiger partial charge in [-0.2, -0.15) is 0 Å². The van der Waals surface area contributed by atoms with E-state index in [1.807, 2.05) is 6.92 Å². The molecule has 2 aromatic rings. The number of aromatic carboxylic acids is 1. The summed E-state index contributed by atoms with van der Waals surface area (Å²) in [6.45, 7) is 6.59. The molecule has 0 aliphatic heterocycles. The van der Waals surface area contributed by atoms with E-state index in [2.05, 4.69) is 13.8 Å². The summed E-state index contributed by atoms with van der Waals surface area (Å²) >= 11 is 0. The number of halogens is 1. The molecule has 0 bridgehead atoms. The number of rotatable bonds is 18. The summed E-state index contributed by atoms with van der Waals surface area (Å²) in [7, 11) is 0. The second-order valence-electron chi connectivity index (χ2n) is 9.72. The normalized spacial score (nSPS) is 11.8. The number of hydrogen-bond acceptors (Lipinski definition) is 4. The standard InChI is InChI=1S/C31H43FO5/c1-4-6-8-10-11-12-14-22-36-27-21-20-26(30(33)34)28(29(27)32)24-16-18-25(19-17-24)31(35)37-23(3)15-13-9-7-5-2/h16-21,23H,4-15,22H2,1-3H3,(H,33,34).